The van der Waals surface area contributed by atoms with E-state index < -0.39 is 10.0 Å². The first-order chi connectivity index (χ1) is 10.5. The van der Waals surface area contributed by atoms with Gasteiger partial charge in [0.25, 0.3) is 0 Å². The minimum absolute atomic E-state index is 0.107. The number of hydrogen-bond acceptors (Lipinski definition) is 8. The Morgan fingerprint density at radius 3 is 2.86 bits per heavy atom. The van der Waals surface area contributed by atoms with E-state index in [4.69, 9.17) is 15.1 Å². The normalized spacial score (nSPS) is 11.8. The van der Waals surface area contributed by atoms with Crippen molar-refractivity contribution in [3.63, 3.8) is 0 Å². The van der Waals surface area contributed by atoms with E-state index in [1.54, 1.807) is 6.07 Å². The Kier molecular flexibility index (Phi) is 4.35. The van der Waals surface area contributed by atoms with Crippen LogP contribution < -0.4 is 15.2 Å². The number of ether oxygens (including phenoxy) is 1. The van der Waals surface area contributed by atoms with E-state index in [1.165, 1.54) is 25.4 Å². The number of rotatable bonds is 5. The van der Waals surface area contributed by atoms with Crippen LogP contribution in [0.3, 0.4) is 0 Å². The topological polar surface area (TPSA) is 160 Å². The SMILES string of the molecule is COc1ccc(NC=C(C#N)c2nn[nH]n2)cc1S(N)(=O)=O. The smallest absolute Gasteiger partial charge is 0.241 e. The first-order valence-electron chi connectivity index (χ1n) is 5.77. The van der Waals surface area contributed by atoms with Gasteiger partial charge < -0.3 is 10.1 Å². The second-order valence-electron chi connectivity index (χ2n) is 3.96. The number of anilines is 1. The lowest BCUT2D eigenvalue weighted by molar-refractivity contribution is 0.403. The number of nitrogens with one attached hydrogen (secondary N) is 2. The number of aromatic nitrogens is 4. The van der Waals surface area contributed by atoms with Crippen molar-refractivity contribution in [2.24, 2.45) is 5.14 Å². The van der Waals surface area contributed by atoms with Gasteiger partial charge >= 0.3 is 0 Å². The van der Waals surface area contributed by atoms with Gasteiger partial charge in [-0.25, -0.2) is 13.6 Å². The summed E-state index contributed by atoms with van der Waals surface area (Å²) in [5.74, 6) is 0.228. The highest BCUT2D eigenvalue weighted by Gasteiger charge is 2.15. The van der Waals surface area contributed by atoms with Crippen molar-refractivity contribution in [3.8, 4) is 11.8 Å². The fraction of sp³-hybridized carbons (Fsp3) is 0.0909. The molecular weight excluding hydrogens is 310 g/mol. The number of nitriles is 1. The summed E-state index contributed by atoms with van der Waals surface area (Å²) in [4.78, 5) is -0.175. The standard InChI is InChI=1S/C11H11N7O3S/c1-21-9-3-2-8(4-10(9)22(13,19)20)14-6-7(5-12)11-15-17-18-16-11/h2-4,6,14H,1H3,(H2,13,19,20)(H,15,16,17,18). The van der Waals surface area contributed by atoms with Gasteiger partial charge in [-0.2, -0.15) is 10.5 Å². The average Bonchev–Trinajstić information content (AvgIpc) is 3.01. The molecule has 0 aliphatic rings. The molecule has 10 nitrogen and oxygen atoms in total. The van der Waals surface area contributed by atoms with E-state index in [2.05, 4.69) is 25.9 Å². The van der Waals surface area contributed by atoms with Crippen molar-refractivity contribution in [2.75, 3.05) is 12.4 Å². The van der Waals surface area contributed by atoms with Crippen LogP contribution in [-0.4, -0.2) is 36.2 Å². The van der Waals surface area contributed by atoms with Crippen molar-refractivity contribution < 1.29 is 13.2 Å². The highest BCUT2D eigenvalue weighted by atomic mass is 32.2. The molecule has 114 valence electrons. The van der Waals surface area contributed by atoms with Gasteiger partial charge in [-0.05, 0) is 23.4 Å². The molecule has 0 atom stereocenters. The molecule has 1 aromatic heterocycles. The molecule has 2 rings (SSSR count). The van der Waals surface area contributed by atoms with Crippen LogP contribution in [-0.2, 0) is 10.0 Å². The zero-order valence-electron chi connectivity index (χ0n) is 11.3. The van der Waals surface area contributed by atoms with Gasteiger partial charge in [0.15, 0.2) is 0 Å². The predicted molar refractivity (Wildman–Crippen MR) is 75.8 cm³/mol. The summed E-state index contributed by atoms with van der Waals surface area (Å²) in [6.45, 7) is 0. The molecule has 0 fully saturated rings. The van der Waals surface area contributed by atoms with E-state index in [0.29, 0.717) is 5.69 Å². The van der Waals surface area contributed by atoms with Gasteiger partial charge in [-0.1, -0.05) is 0 Å². The Morgan fingerprint density at radius 2 is 2.32 bits per heavy atom. The Labute approximate surface area is 125 Å². The minimum Gasteiger partial charge on any atom is -0.495 e. The third-order valence-electron chi connectivity index (χ3n) is 2.56. The van der Waals surface area contributed by atoms with Crippen LogP contribution >= 0.6 is 0 Å². The monoisotopic (exact) mass is 321 g/mol. The van der Waals surface area contributed by atoms with Crippen molar-refractivity contribution in [1.29, 1.82) is 5.26 Å². The maximum atomic E-state index is 11.5. The molecule has 0 saturated carbocycles. The van der Waals surface area contributed by atoms with Crippen LogP contribution in [0.15, 0.2) is 29.3 Å². The van der Waals surface area contributed by atoms with Gasteiger partial charge in [-0.15, -0.1) is 10.2 Å². The molecule has 0 radical (unpaired) electrons. The number of sulfonamides is 1. The summed E-state index contributed by atoms with van der Waals surface area (Å²) in [6, 6.07) is 6.18. The molecule has 11 heteroatoms. The predicted octanol–water partition coefficient (Wildman–Crippen LogP) is -0.168. The highest BCUT2D eigenvalue weighted by Crippen LogP contribution is 2.26. The summed E-state index contributed by atoms with van der Waals surface area (Å²) in [7, 11) is -2.61. The summed E-state index contributed by atoms with van der Waals surface area (Å²) in [5.41, 5.74) is 0.503. The molecule has 4 N–H and O–H groups in total. The summed E-state index contributed by atoms with van der Waals surface area (Å²) in [5, 5.41) is 29.8. The lowest BCUT2D eigenvalue weighted by Gasteiger charge is -2.09. The van der Waals surface area contributed by atoms with Crippen LogP contribution in [0.5, 0.6) is 5.75 Å². The average molecular weight is 321 g/mol. The zero-order valence-corrected chi connectivity index (χ0v) is 12.1. The molecule has 0 saturated heterocycles. The number of nitrogens with zero attached hydrogens (tertiary/aromatic N) is 4. The fourth-order valence-corrected chi connectivity index (χ4v) is 2.29. The number of tetrazole rings is 1. The Morgan fingerprint density at radius 1 is 1.55 bits per heavy atom. The van der Waals surface area contributed by atoms with Gasteiger partial charge in [0.1, 0.15) is 22.3 Å². The highest BCUT2D eigenvalue weighted by molar-refractivity contribution is 7.89. The molecule has 22 heavy (non-hydrogen) atoms. The zero-order chi connectivity index (χ0) is 16.2. The van der Waals surface area contributed by atoms with Crippen LogP contribution in [0, 0.1) is 11.3 Å². The second kappa shape index (κ2) is 6.20. The number of hydrogen-bond donors (Lipinski definition) is 3. The second-order valence-corrected chi connectivity index (χ2v) is 5.49. The molecule has 0 amide bonds. The molecule has 0 bridgehead atoms. The van der Waals surface area contributed by atoms with E-state index in [-0.39, 0.29) is 22.0 Å². The number of methoxy groups -OCH3 is 1. The third kappa shape index (κ3) is 3.37. The molecule has 0 aliphatic carbocycles. The van der Waals surface area contributed by atoms with Gasteiger partial charge in [0.05, 0.1) is 7.11 Å². The molecule has 1 heterocycles. The first kappa shape index (κ1) is 15.4. The van der Waals surface area contributed by atoms with E-state index in [0.717, 1.165) is 0 Å². The summed E-state index contributed by atoms with van der Waals surface area (Å²) >= 11 is 0. The van der Waals surface area contributed by atoms with E-state index in [9.17, 15) is 8.42 Å². The largest absolute Gasteiger partial charge is 0.495 e. The Bertz CT molecular complexity index is 837. The molecular formula is C11H11N7O3S. The third-order valence-corrected chi connectivity index (χ3v) is 3.49. The molecule has 1 aromatic carbocycles. The lowest BCUT2D eigenvalue weighted by Crippen LogP contribution is -2.13. The fourth-order valence-electron chi connectivity index (χ4n) is 1.57. The van der Waals surface area contributed by atoms with E-state index in [1.807, 2.05) is 6.07 Å². The number of H-pyrrole nitrogens is 1. The number of allylic oxidation sites excluding steroid dienone is 1. The molecule has 0 aliphatic heterocycles. The first-order valence-corrected chi connectivity index (χ1v) is 7.32. The maximum absolute atomic E-state index is 11.5. The quantitative estimate of drug-likeness (QED) is 0.640. The van der Waals surface area contributed by atoms with Gasteiger partial charge in [0.2, 0.25) is 15.8 Å². The van der Waals surface area contributed by atoms with Gasteiger partial charge in [-0.3, -0.25) is 0 Å². The minimum atomic E-state index is -3.95. The molecule has 0 spiro atoms. The number of benzene rings is 1. The molecule has 0 unspecified atom stereocenters. The number of nitrogens with two attached hydrogens (primary N) is 1. The summed E-state index contributed by atoms with van der Waals surface area (Å²) < 4.78 is 28.0. The van der Waals surface area contributed by atoms with Crippen LogP contribution in [0.1, 0.15) is 5.82 Å². The van der Waals surface area contributed by atoms with Crippen molar-refractivity contribution >= 4 is 21.3 Å². The van der Waals surface area contributed by atoms with Gasteiger partial charge in [0, 0.05) is 11.9 Å². The van der Waals surface area contributed by atoms with Crippen LogP contribution in [0.25, 0.3) is 5.57 Å². The Hall–Kier alpha value is -2.97. The number of primary sulfonamides is 1. The van der Waals surface area contributed by atoms with Crippen LogP contribution in [0.2, 0.25) is 0 Å². The summed E-state index contributed by atoms with van der Waals surface area (Å²) in [6.07, 6.45) is 1.32. The Balaban J connectivity index is 2.33. The van der Waals surface area contributed by atoms with Crippen LogP contribution in [0.4, 0.5) is 5.69 Å². The van der Waals surface area contributed by atoms with Crippen molar-refractivity contribution in [1.82, 2.24) is 20.6 Å². The number of aromatic amines is 1. The lowest BCUT2D eigenvalue weighted by atomic mass is 10.2. The van der Waals surface area contributed by atoms with E-state index >= 15 is 0 Å². The van der Waals surface area contributed by atoms with Crippen molar-refractivity contribution in [2.45, 2.75) is 4.90 Å². The van der Waals surface area contributed by atoms with Crippen molar-refractivity contribution in [3.05, 3.63) is 30.2 Å². The maximum Gasteiger partial charge on any atom is 0.241 e. The molecule has 2 aromatic rings.